The molecule has 2 N–H and O–H groups in total. The third-order valence-electron chi connectivity index (χ3n) is 3.47. The smallest absolute Gasteiger partial charge is 0.313 e. The summed E-state index contributed by atoms with van der Waals surface area (Å²) in [6.45, 7) is 0.815. The third kappa shape index (κ3) is 5.09. The van der Waals surface area contributed by atoms with Crippen molar-refractivity contribution in [3.8, 4) is 0 Å². The first-order chi connectivity index (χ1) is 11.0. The zero-order valence-corrected chi connectivity index (χ0v) is 13.8. The molecule has 8 heteroatoms. The van der Waals surface area contributed by atoms with Crippen molar-refractivity contribution in [1.29, 1.82) is 0 Å². The number of hydrogen-bond acceptors (Lipinski definition) is 4. The standard InChI is InChI=1S/C15H17ClFNO4S/c16-11-2-1-9(7-12(11)17)14-10(3-5-22-14)15(21)18-4-6-23-8-13(19)20/h1-2,7,10,14H,3-6,8H2,(H,18,21)(H,19,20)/t10-,14+/m1/s1. The lowest BCUT2D eigenvalue weighted by Gasteiger charge is -2.18. The fraction of sp³-hybridized carbons (Fsp3) is 0.467. The van der Waals surface area contributed by atoms with Crippen molar-refractivity contribution >= 4 is 35.2 Å². The van der Waals surface area contributed by atoms with E-state index in [2.05, 4.69) is 5.32 Å². The Labute approximate surface area is 142 Å². The summed E-state index contributed by atoms with van der Waals surface area (Å²) in [4.78, 5) is 22.6. The summed E-state index contributed by atoms with van der Waals surface area (Å²) in [5.74, 6) is -1.45. The van der Waals surface area contributed by atoms with E-state index in [9.17, 15) is 14.0 Å². The van der Waals surface area contributed by atoms with Gasteiger partial charge in [0.2, 0.25) is 5.91 Å². The lowest BCUT2D eigenvalue weighted by Crippen LogP contribution is -2.33. The van der Waals surface area contributed by atoms with Crippen LogP contribution in [-0.4, -0.2) is 41.6 Å². The number of benzene rings is 1. The minimum absolute atomic E-state index is 0.00901. The lowest BCUT2D eigenvalue weighted by atomic mass is 9.94. The maximum absolute atomic E-state index is 13.6. The Bertz CT molecular complexity index is 587. The Morgan fingerprint density at radius 1 is 1.48 bits per heavy atom. The minimum atomic E-state index is -0.879. The number of ether oxygens (including phenoxy) is 1. The summed E-state index contributed by atoms with van der Waals surface area (Å²) < 4.78 is 19.1. The molecular formula is C15H17ClFNO4S. The Kier molecular flexibility index (Phi) is 6.68. The summed E-state index contributed by atoms with van der Waals surface area (Å²) in [7, 11) is 0. The van der Waals surface area contributed by atoms with Gasteiger partial charge in [0.05, 0.1) is 22.8 Å². The second-order valence-corrected chi connectivity index (χ2v) is 6.61. The normalized spacial score (nSPS) is 20.4. The summed E-state index contributed by atoms with van der Waals surface area (Å²) in [6.07, 6.45) is 0.0664. The van der Waals surface area contributed by atoms with Gasteiger partial charge in [-0.25, -0.2) is 4.39 Å². The van der Waals surface area contributed by atoms with Crippen LogP contribution in [0.2, 0.25) is 5.02 Å². The molecule has 1 aliphatic rings. The predicted molar refractivity (Wildman–Crippen MR) is 86.2 cm³/mol. The average molecular weight is 362 g/mol. The molecule has 0 aromatic heterocycles. The van der Waals surface area contributed by atoms with Crippen LogP contribution in [0.25, 0.3) is 0 Å². The molecule has 0 saturated carbocycles. The number of hydrogen-bond donors (Lipinski definition) is 2. The molecule has 23 heavy (non-hydrogen) atoms. The van der Waals surface area contributed by atoms with Gasteiger partial charge < -0.3 is 15.2 Å². The highest BCUT2D eigenvalue weighted by atomic mass is 35.5. The van der Waals surface area contributed by atoms with Crippen LogP contribution >= 0.6 is 23.4 Å². The van der Waals surface area contributed by atoms with Crippen LogP contribution < -0.4 is 5.32 Å². The number of carboxylic acids is 1. The minimum Gasteiger partial charge on any atom is -0.481 e. The van der Waals surface area contributed by atoms with E-state index in [4.69, 9.17) is 21.4 Å². The molecular weight excluding hydrogens is 345 g/mol. The van der Waals surface area contributed by atoms with Crippen LogP contribution in [-0.2, 0) is 14.3 Å². The molecule has 0 unspecified atom stereocenters. The van der Waals surface area contributed by atoms with Gasteiger partial charge in [-0.1, -0.05) is 17.7 Å². The number of nitrogens with one attached hydrogen (secondary N) is 1. The molecule has 0 bridgehead atoms. The molecule has 1 aromatic rings. The van der Waals surface area contributed by atoms with Crippen LogP contribution in [0, 0.1) is 11.7 Å². The predicted octanol–water partition coefficient (Wildman–Crippen LogP) is 2.49. The molecule has 5 nitrogen and oxygen atoms in total. The van der Waals surface area contributed by atoms with E-state index in [1.807, 2.05) is 0 Å². The van der Waals surface area contributed by atoms with Crippen molar-refractivity contribution in [3.63, 3.8) is 0 Å². The van der Waals surface area contributed by atoms with Gasteiger partial charge in [-0.05, 0) is 24.1 Å². The van der Waals surface area contributed by atoms with Crippen LogP contribution in [0.3, 0.4) is 0 Å². The van der Waals surface area contributed by atoms with Gasteiger partial charge in [-0.2, -0.15) is 0 Å². The molecule has 2 rings (SSSR count). The Morgan fingerprint density at radius 2 is 2.26 bits per heavy atom. The van der Waals surface area contributed by atoms with Gasteiger partial charge in [-0.3, -0.25) is 9.59 Å². The molecule has 1 aromatic carbocycles. The molecule has 1 saturated heterocycles. The number of carbonyl (C=O) groups is 2. The Hall–Kier alpha value is -1.31. The van der Waals surface area contributed by atoms with Crippen LogP contribution in [0.1, 0.15) is 18.1 Å². The number of carbonyl (C=O) groups excluding carboxylic acids is 1. The largest absolute Gasteiger partial charge is 0.481 e. The van der Waals surface area contributed by atoms with Gasteiger partial charge in [0, 0.05) is 18.9 Å². The monoisotopic (exact) mass is 361 g/mol. The third-order valence-corrected chi connectivity index (χ3v) is 4.72. The summed E-state index contributed by atoms with van der Waals surface area (Å²) in [5, 5.41) is 11.3. The molecule has 0 aliphatic carbocycles. The number of halogens is 2. The highest BCUT2D eigenvalue weighted by Gasteiger charge is 2.35. The summed E-state index contributed by atoms with van der Waals surface area (Å²) >= 11 is 6.90. The van der Waals surface area contributed by atoms with Gasteiger partial charge >= 0.3 is 5.97 Å². The number of aliphatic carboxylic acids is 1. The van der Waals surface area contributed by atoms with Crippen LogP contribution in [0.15, 0.2) is 18.2 Å². The molecule has 2 atom stereocenters. The average Bonchev–Trinajstić information content (AvgIpc) is 2.98. The molecule has 0 radical (unpaired) electrons. The molecule has 1 fully saturated rings. The van der Waals surface area contributed by atoms with Gasteiger partial charge in [-0.15, -0.1) is 11.8 Å². The van der Waals surface area contributed by atoms with Crippen molar-refractivity contribution < 1.29 is 23.8 Å². The Balaban J connectivity index is 1.89. The first-order valence-corrected chi connectivity index (χ1v) is 8.66. The maximum atomic E-state index is 13.6. The fourth-order valence-electron chi connectivity index (χ4n) is 2.41. The number of carboxylic acid groups (broad SMARTS) is 1. The highest BCUT2D eigenvalue weighted by Crippen LogP contribution is 2.35. The number of rotatable bonds is 7. The second kappa shape index (κ2) is 8.52. The van der Waals surface area contributed by atoms with Crippen LogP contribution in [0.5, 0.6) is 0 Å². The van der Waals surface area contributed by atoms with E-state index < -0.39 is 17.9 Å². The van der Waals surface area contributed by atoms with E-state index in [-0.39, 0.29) is 22.6 Å². The molecule has 1 amide bonds. The van der Waals surface area contributed by atoms with Crippen molar-refractivity contribution in [1.82, 2.24) is 5.32 Å². The number of thioether (sulfide) groups is 1. The zero-order valence-electron chi connectivity index (χ0n) is 12.3. The summed E-state index contributed by atoms with van der Waals surface area (Å²) in [5.41, 5.74) is 0.588. The van der Waals surface area contributed by atoms with E-state index in [1.54, 1.807) is 6.07 Å². The maximum Gasteiger partial charge on any atom is 0.313 e. The molecule has 126 valence electrons. The number of amides is 1. The van der Waals surface area contributed by atoms with Gasteiger partial charge in [0.15, 0.2) is 0 Å². The Morgan fingerprint density at radius 3 is 2.96 bits per heavy atom. The topological polar surface area (TPSA) is 75.6 Å². The first kappa shape index (κ1) is 18.0. The van der Waals surface area contributed by atoms with Gasteiger partial charge in [0.1, 0.15) is 5.82 Å². The van der Waals surface area contributed by atoms with E-state index in [0.29, 0.717) is 30.9 Å². The quantitative estimate of drug-likeness (QED) is 0.730. The van der Waals surface area contributed by atoms with Crippen molar-refractivity contribution in [2.45, 2.75) is 12.5 Å². The molecule has 1 heterocycles. The SMILES string of the molecule is O=C(O)CSCCNC(=O)[C@@H]1CCO[C@H]1c1ccc(Cl)c(F)c1. The van der Waals surface area contributed by atoms with Crippen molar-refractivity contribution in [3.05, 3.63) is 34.6 Å². The fourth-order valence-corrected chi connectivity index (χ4v) is 3.10. The van der Waals surface area contributed by atoms with E-state index in [1.165, 1.54) is 23.9 Å². The van der Waals surface area contributed by atoms with E-state index in [0.717, 1.165) is 0 Å². The molecule has 1 aliphatic heterocycles. The van der Waals surface area contributed by atoms with E-state index >= 15 is 0 Å². The van der Waals surface area contributed by atoms with Crippen LogP contribution in [0.4, 0.5) is 4.39 Å². The lowest BCUT2D eigenvalue weighted by molar-refractivity contribution is -0.134. The second-order valence-electron chi connectivity index (χ2n) is 5.10. The highest BCUT2D eigenvalue weighted by molar-refractivity contribution is 7.99. The summed E-state index contributed by atoms with van der Waals surface area (Å²) in [6, 6.07) is 4.40. The van der Waals surface area contributed by atoms with Gasteiger partial charge in [0.25, 0.3) is 0 Å². The van der Waals surface area contributed by atoms with Crippen molar-refractivity contribution in [2.75, 3.05) is 24.7 Å². The first-order valence-electron chi connectivity index (χ1n) is 7.13. The molecule has 0 spiro atoms. The zero-order chi connectivity index (χ0) is 16.8. The van der Waals surface area contributed by atoms with Crippen molar-refractivity contribution in [2.24, 2.45) is 5.92 Å².